The number of methoxy groups -OCH3 is 1. The Labute approximate surface area is 121 Å². The fourth-order valence-corrected chi connectivity index (χ4v) is 2.00. The summed E-state index contributed by atoms with van der Waals surface area (Å²) in [6.45, 7) is 0. The molecule has 5 heteroatoms. The Balaban J connectivity index is 1.90. The molecule has 3 aromatic rings. The first-order valence-corrected chi connectivity index (χ1v) is 6.45. The summed E-state index contributed by atoms with van der Waals surface area (Å²) in [6.07, 6.45) is 3.23. The zero-order chi connectivity index (χ0) is 14.7. The van der Waals surface area contributed by atoms with Crippen LogP contribution < -0.4 is 4.74 Å². The first kappa shape index (κ1) is 13.1. The van der Waals surface area contributed by atoms with Gasteiger partial charge in [0, 0.05) is 12.1 Å². The van der Waals surface area contributed by atoms with Crippen molar-refractivity contribution in [1.29, 1.82) is 0 Å². The van der Waals surface area contributed by atoms with E-state index in [0.717, 1.165) is 5.56 Å². The second-order valence-corrected chi connectivity index (χ2v) is 4.44. The number of carbonyl (C=O) groups is 1. The van der Waals surface area contributed by atoms with Gasteiger partial charge in [0.2, 0.25) is 0 Å². The molecule has 0 radical (unpaired) electrons. The SMILES string of the molecule is COc1ccc2c(c1)nnn2C(=O)/C=C/c1ccccc1. The number of fused-ring (bicyclic) bond motifs is 1. The van der Waals surface area contributed by atoms with Crippen molar-refractivity contribution in [3.05, 3.63) is 60.2 Å². The number of hydrogen-bond acceptors (Lipinski definition) is 4. The highest BCUT2D eigenvalue weighted by molar-refractivity contribution is 5.98. The molecule has 0 saturated carbocycles. The molecule has 104 valence electrons. The molecule has 0 aliphatic rings. The Kier molecular flexibility index (Phi) is 3.47. The molecule has 0 amide bonds. The molecule has 2 aromatic carbocycles. The van der Waals surface area contributed by atoms with Gasteiger partial charge in [0.15, 0.2) is 0 Å². The van der Waals surface area contributed by atoms with Crippen molar-refractivity contribution in [2.75, 3.05) is 7.11 Å². The van der Waals surface area contributed by atoms with Gasteiger partial charge >= 0.3 is 0 Å². The van der Waals surface area contributed by atoms with Crippen molar-refractivity contribution in [1.82, 2.24) is 15.0 Å². The number of hydrogen-bond donors (Lipinski definition) is 0. The molecule has 0 aliphatic carbocycles. The fourth-order valence-electron chi connectivity index (χ4n) is 2.00. The molecule has 5 nitrogen and oxygen atoms in total. The highest BCUT2D eigenvalue weighted by Gasteiger charge is 2.10. The minimum absolute atomic E-state index is 0.244. The monoisotopic (exact) mass is 279 g/mol. The zero-order valence-corrected chi connectivity index (χ0v) is 11.4. The van der Waals surface area contributed by atoms with E-state index in [1.165, 1.54) is 10.8 Å². The van der Waals surface area contributed by atoms with Crippen molar-refractivity contribution >= 4 is 23.0 Å². The molecule has 0 fully saturated rings. The van der Waals surface area contributed by atoms with Crippen molar-refractivity contribution in [2.45, 2.75) is 0 Å². The molecule has 0 N–H and O–H groups in total. The Morgan fingerprint density at radius 3 is 2.76 bits per heavy atom. The molecular weight excluding hydrogens is 266 g/mol. The summed E-state index contributed by atoms with van der Waals surface area (Å²) in [5.41, 5.74) is 2.23. The van der Waals surface area contributed by atoms with Gasteiger partial charge in [0.1, 0.15) is 11.3 Å². The minimum Gasteiger partial charge on any atom is -0.497 e. The molecule has 0 unspecified atom stereocenters. The van der Waals surface area contributed by atoms with E-state index < -0.39 is 0 Å². The van der Waals surface area contributed by atoms with Crippen LogP contribution in [0.25, 0.3) is 17.1 Å². The van der Waals surface area contributed by atoms with Crippen LogP contribution in [0, 0.1) is 0 Å². The lowest BCUT2D eigenvalue weighted by Gasteiger charge is -1.99. The first-order valence-electron chi connectivity index (χ1n) is 6.45. The third-order valence-corrected chi connectivity index (χ3v) is 3.08. The van der Waals surface area contributed by atoms with Crippen LogP contribution >= 0.6 is 0 Å². The smallest absolute Gasteiger partial charge is 0.272 e. The van der Waals surface area contributed by atoms with Gasteiger partial charge in [-0.05, 0) is 23.8 Å². The number of rotatable bonds is 3. The zero-order valence-electron chi connectivity index (χ0n) is 11.4. The lowest BCUT2D eigenvalue weighted by molar-refractivity contribution is 0.0958. The quantitative estimate of drug-likeness (QED) is 0.692. The van der Waals surface area contributed by atoms with Gasteiger partial charge in [-0.1, -0.05) is 35.5 Å². The van der Waals surface area contributed by atoms with Crippen LogP contribution in [0.2, 0.25) is 0 Å². The fraction of sp³-hybridized carbons (Fsp3) is 0.0625. The lowest BCUT2D eigenvalue weighted by atomic mass is 10.2. The van der Waals surface area contributed by atoms with Crippen LogP contribution in [-0.4, -0.2) is 28.0 Å². The number of nitrogens with zero attached hydrogens (tertiary/aromatic N) is 3. The largest absolute Gasteiger partial charge is 0.497 e. The molecule has 0 bridgehead atoms. The van der Waals surface area contributed by atoms with Crippen molar-refractivity contribution < 1.29 is 9.53 Å². The summed E-state index contributed by atoms with van der Waals surface area (Å²) in [4.78, 5) is 12.2. The number of ether oxygens (including phenoxy) is 1. The van der Waals surface area contributed by atoms with Gasteiger partial charge < -0.3 is 4.74 Å². The molecule has 21 heavy (non-hydrogen) atoms. The molecule has 0 spiro atoms. The minimum atomic E-state index is -0.244. The average Bonchev–Trinajstić information content (AvgIpc) is 2.96. The van der Waals surface area contributed by atoms with E-state index in [1.807, 2.05) is 30.3 Å². The van der Waals surface area contributed by atoms with Crippen LogP contribution in [0.1, 0.15) is 10.4 Å². The van der Waals surface area contributed by atoms with Crippen LogP contribution in [-0.2, 0) is 0 Å². The summed E-state index contributed by atoms with van der Waals surface area (Å²) >= 11 is 0. The highest BCUT2D eigenvalue weighted by Crippen LogP contribution is 2.18. The van der Waals surface area contributed by atoms with Crippen molar-refractivity contribution in [3.8, 4) is 5.75 Å². The van der Waals surface area contributed by atoms with E-state index in [-0.39, 0.29) is 5.91 Å². The van der Waals surface area contributed by atoms with Crippen molar-refractivity contribution in [2.24, 2.45) is 0 Å². The maximum Gasteiger partial charge on any atom is 0.272 e. The lowest BCUT2D eigenvalue weighted by Crippen LogP contribution is -2.08. The predicted molar refractivity (Wildman–Crippen MR) is 80.2 cm³/mol. The van der Waals surface area contributed by atoms with Gasteiger partial charge in [-0.3, -0.25) is 4.79 Å². The Bertz CT molecular complexity index is 807. The molecule has 1 aromatic heterocycles. The maximum atomic E-state index is 12.2. The van der Waals surface area contributed by atoms with Gasteiger partial charge in [0.25, 0.3) is 5.91 Å². The van der Waals surface area contributed by atoms with E-state index in [9.17, 15) is 4.79 Å². The summed E-state index contributed by atoms with van der Waals surface area (Å²) in [7, 11) is 1.58. The van der Waals surface area contributed by atoms with E-state index in [4.69, 9.17) is 4.74 Å². The Morgan fingerprint density at radius 2 is 2.00 bits per heavy atom. The summed E-state index contributed by atoms with van der Waals surface area (Å²) in [6, 6.07) is 14.9. The number of aromatic nitrogens is 3. The maximum absolute atomic E-state index is 12.2. The standard InChI is InChI=1S/C16H13N3O2/c1-21-13-8-9-15-14(11-13)17-18-19(15)16(20)10-7-12-5-3-2-4-6-12/h2-11H,1H3/b10-7+. The normalized spacial score (nSPS) is 11.1. The summed E-state index contributed by atoms with van der Waals surface area (Å²) in [5, 5.41) is 7.87. The van der Waals surface area contributed by atoms with Crippen molar-refractivity contribution in [3.63, 3.8) is 0 Å². The predicted octanol–water partition coefficient (Wildman–Crippen LogP) is 2.79. The van der Waals surface area contributed by atoms with Gasteiger partial charge in [-0.15, -0.1) is 5.10 Å². The molecule has 1 heterocycles. The summed E-state index contributed by atoms with van der Waals surface area (Å²) in [5.74, 6) is 0.438. The summed E-state index contributed by atoms with van der Waals surface area (Å²) < 4.78 is 6.39. The van der Waals surface area contributed by atoms with Crippen LogP contribution in [0.4, 0.5) is 0 Å². The number of carbonyl (C=O) groups excluding carboxylic acids is 1. The third-order valence-electron chi connectivity index (χ3n) is 3.08. The Morgan fingerprint density at radius 1 is 1.19 bits per heavy atom. The van der Waals surface area contributed by atoms with Gasteiger partial charge in [-0.25, -0.2) is 0 Å². The number of benzene rings is 2. The molecule has 0 saturated heterocycles. The van der Waals surface area contributed by atoms with Gasteiger partial charge in [0.05, 0.1) is 12.6 Å². The first-order chi connectivity index (χ1) is 10.3. The van der Waals surface area contributed by atoms with Gasteiger partial charge in [-0.2, -0.15) is 4.68 Å². The number of allylic oxidation sites excluding steroid dienone is 1. The third kappa shape index (κ3) is 2.67. The Hall–Kier alpha value is -2.95. The van der Waals surface area contributed by atoms with E-state index in [1.54, 1.807) is 31.4 Å². The molecule has 0 aliphatic heterocycles. The molecule has 3 rings (SSSR count). The average molecular weight is 279 g/mol. The van der Waals surface area contributed by atoms with Crippen LogP contribution in [0.3, 0.4) is 0 Å². The second kappa shape index (κ2) is 5.58. The van der Waals surface area contributed by atoms with E-state index >= 15 is 0 Å². The highest BCUT2D eigenvalue weighted by atomic mass is 16.5. The van der Waals surface area contributed by atoms with Crippen LogP contribution in [0.5, 0.6) is 5.75 Å². The van der Waals surface area contributed by atoms with Crippen LogP contribution in [0.15, 0.2) is 54.6 Å². The van der Waals surface area contributed by atoms with E-state index in [2.05, 4.69) is 10.3 Å². The van der Waals surface area contributed by atoms with E-state index in [0.29, 0.717) is 16.8 Å². The second-order valence-electron chi connectivity index (χ2n) is 4.44. The molecular formula is C16H13N3O2. The topological polar surface area (TPSA) is 57.0 Å². The molecule has 0 atom stereocenters.